The lowest BCUT2D eigenvalue weighted by Crippen LogP contribution is -2.44. The van der Waals surface area contributed by atoms with Crippen LogP contribution < -0.4 is 15.5 Å². The molecular weight excluding hydrogens is 499 g/mol. The minimum atomic E-state index is -0.799. The molecule has 1 aromatic rings. The van der Waals surface area contributed by atoms with E-state index < -0.39 is 11.6 Å². The lowest BCUT2D eigenvalue weighted by molar-refractivity contribution is 0.292. The summed E-state index contributed by atoms with van der Waals surface area (Å²) < 4.78 is 26.6. The Morgan fingerprint density at radius 1 is 1.27 bits per heavy atom. The van der Waals surface area contributed by atoms with Gasteiger partial charge in [-0.3, -0.25) is 4.99 Å². The van der Waals surface area contributed by atoms with Crippen LogP contribution in [0.4, 0.5) is 14.5 Å². The first kappa shape index (κ1) is 26.9. The molecule has 172 valence electrons. The van der Waals surface area contributed by atoms with Gasteiger partial charge in [0.2, 0.25) is 0 Å². The van der Waals surface area contributed by atoms with E-state index in [2.05, 4.69) is 46.2 Å². The molecule has 0 bridgehead atoms. The standard InChI is InChI=1S/C22H37F2N5.HI/c1-5-28(6-2)12-7-8-17(3)27-22(25-4)26-15-18-11-13-29(16-18)19-9-10-20(23)21(24)14-19;/h9-10,14,17-18H,5-8,11-13,15-16H2,1-4H3,(H2,25,26,27);1H. The summed E-state index contributed by atoms with van der Waals surface area (Å²) in [6.45, 7) is 12.4. The monoisotopic (exact) mass is 537 g/mol. The van der Waals surface area contributed by atoms with Gasteiger partial charge in [0.15, 0.2) is 17.6 Å². The number of hydrogen-bond acceptors (Lipinski definition) is 3. The number of anilines is 1. The van der Waals surface area contributed by atoms with Crippen molar-refractivity contribution in [3.63, 3.8) is 0 Å². The van der Waals surface area contributed by atoms with Crippen LogP contribution in [-0.2, 0) is 0 Å². The summed E-state index contributed by atoms with van der Waals surface area (Å²) >= 11 is 0. The van der Waals surface area contributed by atoms with Crippen molar-refractivity contribution < 1.29 is 8.78 Å². The van der Waals surface area contributed by atoms with E-state index in [1.54, 1.807) is 13.1 Å². The molecule has 2 rings (SSSR count). The van der Waals surface area contributed by atoms with Gasteiger partial charge in [-0.05, 0) is 63.9 Å². The zero-order chi connectivity index (χ0) is 21.2. The van der Waals surface area contributed by atoms with E-state index in [1.165, 1.54) is 18.6 Å². The predicted molar refractivity (Wildman–Crippen MR) is 133 cm³/mol. The molecule has 2 atom stereocenters. The van der Waals surface area contributed by atoms with Crippen LogP contribution in [-0.4, -0.2) is 63.2 Å². The minimum absolute atomic E-state index is 0. The highest BCUT2D eigenvalue weighted by atomic mass is 127. The van der Waals surface area contributed by atoms with Crippen molar-refractivity contribution in [1.29, 1.82) is 0 Å². The van der Waals surface area contributed by atoms with Crippen molar-refractivity contribution in [3.05, 3.63) is 29.8 Å². The van der Waals surface area contributed by atoms with E-state index >= 15 is 0 Å². The molecule has 30 heavy (non-hydrogen) atoms. The highest BCUT2D eigenvalue weighted by Crippen LogP contribution is 2.24. The Morgan fingerprint density at radius 3 is 2.63 bits per heavy atom. The van der Waals surface area contributed by atoms with Gasteiger partial charge < -0.3 is 20.4 Å². The normalized spacial score (nSPS) is 17.8. The molecule has 1 aromatic carbocycles. The van der Waals surface area contributed by atoms with Gasteiger partial charge in [0.05, 0.1) is 0 Å². The Morgan fingerprint density at radius 2 is 2.00 bits per heavy atom. The van der Waals surface area contributed by atoms with Crippen LogP contribution in [0.1, 0.15) is 40.0 Å². The molecule has 1 fully saturated rings. The molecule has 8 heteroatoms. The average Bonchev–Trinajstić information content (AvgIpc) is 3.19. The average molecular weight is 537 g/mol. The third-order valence-corrected chi connectivity index (χ3v) is 5.72. The van der Waals surface area contributed by atoms with Crippen LogP contribution in [0, 0.1) is 17.6 Å². The molecule has 0 aromatic heterocycles. The van der Waals surface area contributed by atoms with Crippen molar-refractivity contribution in [2.24, 2.45) is 10.9 Å². The van der Waals surface area contributed by atoms with Gasteiger partial charge in [-0.1, -0.05) is 13.8 Å². The SMILES string of the molecule is CCN(CC)CCCC(C)NC(=NC)NCC1CCN(c2ccc(F)c(F)c2)C1.I. The molecule has 0 radical (unpaired) electrons. The molecule has 0 saturated carbocycles. The highest BCUT2D eigenvalue weighted by Gasteiger charge is 2.23. The number of guanidine groups is 1. The largest absolute Gasteiger partial charge is 0.371 e. The van der Waals surface area contributed by atoms with Gasteiger partial charge in [0.1, 0.15) is 0 Å². The van der Waals surface area contributed by atoms with Crippen LogP contribution in [0.3, 0.4) is 0 Å². The Kier molecular flexibility index (Phi) is 12.5. The maximum absolute atomic E-state index is 13.5. The fourth-order valence-electron chi connectivity index (χ4n) is 3.82. The van der Waals surface area contributed by atoms with Gasteiger partial charge in [-0.15, -0.1) is 24.0 Å². The number of rotatable bonds is 10. The maximum Gasteiger partial charge on any atom is 0.191 e. The first-order valence-corrected chi connectivity index (χ1v) is 10.9. The van der Waals surface area contributed by atoms with Gasteiger partial charge >= 0.3 is 0 Å². The lowest BCUT2D eigenvalue weighted by atomic mass is 10.1. The molecule has 2 N–H and O–H groups in total. The van der Waals surface area contributed by atoms with Gasteiger partial charge in [0, 0.05) is 44.5 Å². The van der Waals surface area contributed by atoms with E-state index in [9.17, 15) is 8.78 Å². The van der Waals surface area contributed by atoms with E-state index in [-0.39, 0.29) is 24.0 Å². The lowest BCUT2D eigenvalue weighted by Gasteiger charge is -2.22. The third-order valence-electron chi connectivity index (χ3n) is 5.72. The number of aliphatic imine (C=N–C) groups is 1. The topological polar surface area (TPSA) is 42.9 Å². The number of benzene rings is 1. The molecule has 1 saturated heterocycles. The molecule has 1 heterocycles. The zero-order valence-corrected chi connectivity index (χ0v) is 21.1. The second-order valence-electron chi connectivity index (χ2n) is 7.87. The number of hydrogen-bond donors (Lipinski definition) is 2. The molecule has 2 unspecified atom stereocenters. The Hall–Kier alpha value is -1.16. The number of nitrogens with zero attached hydrogens (tertiary/aromatic N) is 3. The Labute approximate surface area is 197 Å². The van der Waals surface area contributed by atoms with Gasteiger partial charge in [0.25, 0.3) is 0 Å². The summed E-state index contributed by atoms with van der Waals surface area (Å²) in [6, 6.07) is 4.49. The fraction of sp³-hybridized carbons (Fsp3) is 0.682. The van der Waals surface area contributed by atoms with E-state index in [4.69, 9.17) is 0 Å². The predicted octanol–water partition coefficient (Wildman–Crippen LogP) is 4.08. The van der Waals surface area contributed by atoms with Crippen LogP contribution >= 0.6 is 24.0 Å². The van der Waals surface area contributed by atoms with Crippen molar-refractivity contribution in [2.75, 3.05) is 51.2 Å². The van der Waals surface area contributed by atoms with Gasteiger partial charge in [-0.2, -0.15) is 0 Å². The van der Waals surface area contributed by atoms with E-state index in [0.29, 0.717) is 12.0 Å². The molecular formula is C22H38F2IN5. The highest BCUT2D eigenvalue weighted by molar-refractivity contribution is 14.0. The van der Waals surface area contributed by atoms with Crippen molar-refractivity contribution in [1.82, 2.24) is 15.5 Å². The molecule has 5 nitrogen and oxygen atoms in total. The summed E-state index contributed by atoms with van der Waals surface area (Å²) in [5.74, 6) is -0.317. The Bertz CT molecular complexity index is 654. The maximum atomic E-state index is 13.5. The summed E-state index contributed by atoms with van der Waals surface area (Å²) in [5.41, 5.74) is 0.746. The second-order valence-corrected chi connectivity index (χ2v) is 7.87. The summed E-state index contributed by atoms with van der Waals surface area (Å²) in [4.78, 5) is 8.90. The second kappa shape index (κ2) is 14.0. The summed E-state index contributed by atoms with van der Waals surface area (Å²) in [5, 5.41) is 6.90. The first-order chi connectivity index (χ1) is 14.0. The van der Waals surface area contributed by atoms with Gasteiger partial charge in [-0.25, -0.2) is 8.78 Å². The number of nitrogens with one attached hydrogen (secondary N) is 2. The van der Waals surface area contributed by atoms with Crippen LogP contribution in [0.5, 0.6) is 0 Å². The van der Waals surface area contributed by atoms with E-state index in [1.807, 2.05) is 0 Å². The molecule has 1 aliphatic rings. The number of halogens is 3. The third kappa shape index (κ3) is 8.53. The van der Waals surface area contributed by atoms with Crippen LogP contribution in [0.15, 0.2) is 23.2 Å². The smallest absolute Gasteiger partial charge is 0.191 e. The minimum Gasteiger partial charge on any atom is -0.371 e. The van der Waals surface area contributed by atoms with Crippen molar-refractivity contribution in [3.8, 4) is 0 Å². The quantitative estimate of drug-likeness (QED) is 0.268. The molecule has 0 amide bonds. The van der Waals surface area contributed by atoms with Crippen LogP contribution in [0.25, 0.3) is 0 Å². The summed E-state index contributed by atoms with van der Waals surface area (Å²) in [7, 11) is 1.79. The van der Waals surface area contributed by atoms with Crippen LogP contribution in [0.2, 0.25) is 0 Å². The fourth-order valence-corrected chi connectivity index (χ4v) is 3.82. The molecule has 0 aliphatic carbocycles. The Balaban J connectivity index is 0.00000450. The van der Waals surface area contributed by atoms with Crippen molar-refractivity contribution >= 4 is 35.6 Å². The zero-order valence-electron chi connectivity index (χ0n) is 18.8. The first-order valence-electron chi connectivity index (χ1n) is 10.9. The summed E-state index contributed by atoms with van der Waals surface area (Å²) in [6.07, 6.45) is 3.28. The molecule has 0 spiro atoms. The van der Waals surface area contributed by atoms with Crippen molar-refractivity contribution in [2.45, 2.75) is 46.1 Å². The molecule has 1 aliphatic heterocycles. The van der Waals surface area contributed by atoms with E-state index in [0.717, 1.165) is 63.8 Å².